The highest BCUT2D eigenvalue weighted by molar-refractivity contribution is 6.46. The summed E-state index contributed by atoms with van der Waals surface area (Å²) in [6, 6.07) is 7.95. The zero-order chi connectivity index (χ0) is 24.7. The Kier molecular flexibility index (Phi) is 6.71. The fourth-order valence-electron chi connectivity index (χ4n) is 4.43. The summed E-state index contributed by atoms with van der Waals surface area (Å²) in [4.78, 5) is 34.5. The van der Waals surface area contributed by atoms with Gasteiger partial charge < -0.3 is 14.9 Å². The fraction of sp³-hybridized carbons (Fsp3) is 0.320. The van der Waals surface area contributed by atoms with E-state index in [1.807, 2.05) is 38.1 Å². The molecule has 1 fully saturated rings. The predicted molar refractivity (Wildman–Crippen MR) is 133 cm³/mol. The minimum atomic E-state index is -0.799. The molecule has 1 N–H and O–H groups in total. The van der Waals surface area contributed by atoms with Crippen LogP contribution >= 0.6 is 23.2 Å². The van der Waals surface area contributed by atoms with E-state index in [-0.39, 0.29) is 11.3 Å². The first-order chi connectivity index (χ1) is 16.1. The Morgan fingerprint density at radius 1 is 1.15 bits per heavy atom. The Bertz CT molecular complexity index is 1330. The number of likely N-dealkylation sites (tertiary alicyclic amines) is 1. The van der Waals surface area contributed by atoms with Gasteiger partial charge in [0.15, 0.2) is 5.76 Å². The fourth-order valence-corrected chi connectivity index (χ4v) is 4.73. The molecular formula is C25H26Cl2N4O3. The number of aryl methyl sites for hydroxylation is 2. The average molecular weight is 501 g/mol. The number of rotatable bonds is 6. The number of Topliss-reactive ketones (excluding diaryl/α,β-unsaturated/α-hetero) is 1. The van der Waals surface area contributed by atoms with Gasteiger partial charge in [0.25, 0.3) is 11.7 Å². The van der Waals surface area contributed by atoms with E-state index in [1.165, 1.54) is 4.90 Å². The lowest BCUT2D eigenvalue weighted by molar-refractivity contribution is -0.139. The molecule has 1 aliphatic heterocycles. The molecule has 0 saturated carbocycles. The van der Waals surface area contributed by atoms with Crippen LogP contribution < -0.4 is 0 Å². The highest BCUT2D eigenvalue weighted by Crippen LogP contribution is 2.41. The summed E-state index contributed by atoms with van der Waals surface area (Å²) in [5, 5.41) is 12.2. The van der Waals surface area contributed by atoms with Gasteiger partial charge in [0.2, 0.25) is 0 Å². The number of imidazole rings is 1. The second kappa shape index (κ2) is 9.41. The number of carbonyl (C=O) groups excluding carboxylic acids is 2. The third-order valence-electron chi connectivity index (χ3n) is 6.05. The quantitative estimate of drug-likeness (QED) is 0.303. The van der Waals surface area contributed by atoms with Crippen molar-refractivity contribution in [3.05, 3.63) is 74.7 Å². The number of ketones is 1. The van der Waals surface area contributed by atoms with E-state index in [0.29, 0.717) is 45.6 Å². The van der Waals surface area contributed by atoms with Crippen LogP contribution in [0, 0.1) is 13.8 Å². The molecule has 2 aromatic heterocycles. The van der Waals surface area contributed by atoms with E-state index in [1.54, 1.807) is 35.7 Å². The van der Waals surface area contributed by atoms with Gasteiger partial charge >= 0.3 is 0 Å². The molecule has 1 amide bonds. The number of benzene rings is 1. The first kappa shape index (κ1) is 24.3. The lowest BCUT2D eigenvalue weighted by Gasteiger charge is -2.26. The molecule has 4 rings (SSSR count). The van der Waals surface area contributed by atoms with Gasteiger partial charge in [-0.2, -0.15) is 0 Å². The number of amides is 1. The zero-order valence-corrected chi connectivity index (χ0v) is 21.0. The van der Waals surface area contributed by atoms with Crippen LogP contribution in [0.3, 0.4) is 0 Å². The van der Waals surface area contributed by atoms with Gasteiger partial charge in [0.1, 0.15) is 11.3 Å². The minimum Gasteiger partial charge on any atom is -0.505 e. The van der Waals surface area contributed by atoms with Crippen molar-refractivity contribution in [1.82, 2.24) is 19.2 Å². The van der Waals surface area contributed by atoms with Crippen molar-refractivity contribution in [3.8, 4) is 0 Å². The summed E-state index contributed by atoms with van der Waals surface area (Å²) in [5.74, 6) is -1.65. The lowest BCUT2D eigenvalue weighted by Crippen LogP contribution is -2.32. The standard InChI is InChI=1S/C25H26Cl2N4O3/c1-14-7-5-11-30-20(15(2)28-24(14)30)22(32)19-21(16-8-9-17(26)18(27)13-16)31(25(34)23(19)33)12-6-10-29(3)4/h5,7-9,11,13,21,32H,6,10,12H2,1-4H3. The molecule has 0 aliphatic carbocycles. The number of halogens is 2. The Labute approximate surface area is 208 Å². The molecule has 3 heterocycles. The van der Waals surface area contributed by atoms with Crippen LogP contribution in [0.15, 0.2) is 42.1 Å². The number of carbonyl (C=O) groups is 2. The number of aromatic nitrogens is 2. The van der Waals surface area contributed by atoms with Crippen LogP contribution in [0.1, 0.15) is 35.0 Å². The summed E-state index contributed by atoms with van der Waals surface area (Å²) < 4.78 is 1.74. The van der Waals surface area contributed by atoms with E-state index in [2.05, 4.69) is 4.98 Å². The molecule has 3 aromatic rings. The summed E-state index contributed by atoms with van der Waals surface area (Å²) >= 11 is 12.4. The van der Waals surface area contributed by atoms with E-state index in [4.69, 9.17) is 23.2 Å². The van der Waals surface area contributed by atoms with Crippen molar-refractivity contribution in [2.75, 3.05) is 27.2 Å². The van der Waals surface area contributed by atoms with Gasteiger partial charge in [-0.05, 0) is 70.2 Å². The Morgan fingerprint density at radius 3 is 2.56 bits per heavy atom. The Balaban J connectivity index is 1.91. The molecule has 0 radical (unpaired) electrons. The number of fused-ring (bicyclic) bond motifs is 1. The van der Waals surface area contributed by atoms with Crippen LogP contribution in [0.5, 0.6) is 0 Å². The van der Waals surface area contributed by atoms with Crippen molar-refractivity contribution in [2.45, 2.75) is 26.3 Å². The Morgan fingerprint density at radius 2 is 1.88 bits per heavy atom. The van der Waals surface area contributed by atoms with Crippen molar-refractivity contribution >= 4 is 46.3 Å². The number of pyridine rings is 1. The maximum atomic E-state index is 13.3. The van der Waals surface area contributed by atoms with Gasteiger partial charge in [0, 0.05) is 12.7 Å². The topological polar surface area (TPSA) is 78.1 Å². The number of aliphatic hydroxyl groups is 1. The molecule has 1 aliphatic rings. The van der Waals surface area contributed by atoms with Gasteiger partial charge in [-0.1, -0.05) is 35.3 Å². The normalized spacial score (nSPS) is 18.0. The third-order valence-corrected chi connectivity index (χ3v) is 6.79. The molecule has 0 spiro atoms. The third kappa shape index (κ3) is 4.19. The van der Waals surface area contributed by atoms with E-state index in [0.717, 1.165) is 12.1 Å². The monoisotopic (exact) mass is 500 g/mol. The molecule has 1 saturated heterocycles. The molecule has 9 heteroatoms. The first-order valence-corrected chi connectivity index (χ1v) is 11.7. The molecule has 178 valence electrons. The molecule has 1 unspecified atom stereocenters. The van der Waals surface area contributed by atoms with Crippen molar-refractivity contribution in [1.29, 1.82) is 0 Å². The van der Waals surface area contributed by atoms with Crippen molar-refractivity contribution in [3.63, 3.8) is 0 Å². The SMILES string of the molecule is Cc1nc2c(C)cccn2c1C(O)=C1C(=O)C(=O)N(CCCN(C)C)C1c1ccc(Cl)c(Cl)c1. The number of nitrogens with zero attached hydrogens (tertiary/aromatic N) is 4. The number of aliphatic hydroxyl groups excluding tert-OH is 1. The van der Waals surface area contributed by atoms with Crippen LogP contribution in [-0.4, -0.2) is 63.2 Å². The molecule has 1 aromatic carbocycles. The molecule has 7 nitrogen and oxygen atoms in total. The largest absolute Gasteiger partial charge is 0.505 e. The minimum absolute atomic E-state index is 0.0136. The van der Waals surface area contributed by atoms with Crippen molar-refractivity contribution < 1.29 is 14.7 Å². The maximum absolute atomic E-state index is 13.3. The lowest BCUT2D eigenvalue weighted by atomic mass is 9.96. The molecule has 34 heavy (non-hydrogen) atoms. The van der Waals surface area contributed by atoms with Crippen molar-refractivity contribution in [2.24, 2.45) is 0 Å². The number of hydrogen-bond acceptors (Lipinski definition) is 5. The molecule has 0 bridgehead atoms. The van der Waals surface area contributed by atoms with Gasteiger partial charge in [-0.3, -0.25) is 14.0 Å². The van der Waals surface area contributed by atoms with E-state index in [9.17, 15) is 14.7 Å². The Hall–Kier alpha value is -2.87. The summed E-state index contributed by atoms with van der Waals surface area (Å²) in [5.41, 5.74) is 3.15. The molecular weight excluding hydrogens is 475 g/mol. The summed E-state index contributed by atoms with van der Waals surface area (Å²) in [7, 11) is 3.89. The second-order valence-electron chi connectivity index (χ2n) is 8.75. The van der Waals surface area contributed by atoms with Crippen LogP contribution in [0.25, 0.3) is 11.4 Å². The van der Waals surface area contributed by atoms with Gasteiger partial charge in [-0.15, -0.1) is 0 Å². The van der Waals surface area contributed by atoms with Gasteiger partial charge in [0.05, 0.1) is 27.4 Å². The first-order valence-electron chi connectivity index (χ1n) is 10.9. The number of hydrogen-bond donors (Lipinski definition) is 1. The van der Waals surface area contributed by atoms with Gasteiger partial charge in [-0.25, -0.2) is 4.98 Å². The highest BCUT2D eigenvalue weighted by atomic mass is 35.5. The van der Waals surface area contributed by atoms with Crippen LogP contribution in [-0.2, 0) is 9.59 Å². The zero-order valence-electron chi connectivity index (χ0n) is 19.5. The smallest absolute Gasteiger partial charge is 0.295 e. The highest BCUT2D eigenvalue weighted by Gasteiger charge is 2.46. The summed E-state index contributed by atoms with van der Waals surface area (Å²) in [6.45, 7) is 4.77. The van der Waals surface area contributed by atoms with E-state index < -0.39 is 17.7 Å². The second-order valence-corrected chi connectivity index (χ2v) is 9.57. The maximum Gasteiger partial charge on any atom is 0.295 e. The van der Waals surface area contributed by atoms with E-state index >= 15 is 0 Å². The predicted octanol–water partition coefficient (Wildman–Crippen LogP) is 4.63. The molecule has 1 atom stereocenters. The summed E-state index contributed by atoms with van der Waals surface area (Å²) in [6.07, 6.45) is 2.43. The van der Waals surface area contributed by atoms with Crippen LogP contribution in [0.2, 0.25) is 10.0 Å². The van der Waals surface area contributed by atoms with Crippen LogP contribution in [0.4, 0.5) is 0 Å². The average Bonchev–Trinajstić information content (AvgIpc) is 3.25.